The van der Waals surface area contributed by atoms with E-state index in [1.807, 2.05) is 0 Å². The number of rotatable bonds is 6. The minimum atomic E-state index is 0.630. The summed E-state index contributed by atoms with van der Waals surface area (Å²) in [5.41, 5.74) is 10.5. The van der Waals surface area contributed by atoms with Gasteiger partial charge in [0.05, 0.1) is 11.2 Å². The molecule has 288 valence electrons. The van der Waals surface area contributed by atoms with E-state index in [1.165, 1.54) is 38.1 Å². The molecule has 0 aliphatic carbocycles. The van der Waals surface area contributed by atoms with E-state index < -0.39 is 0 Å². The fourth-order valence-electron chi connectivity index (χ4n) is 8.86. The van der Waals surface area contributed by atoms with E-state index in [0.29, 0.717) is 17.5 Å². The highest BCUT2D eigenvalue weighted by Crippen LogP contribution is 2.39. The average Bonchev–Trinajstić information content (AvgIpc) is 3.35. The van der Waals surface area contributed by atoms with Crippen LogP contribution in [0, 0.1) is 0 Å². The van der Waals surface area contributed by atoms with Crippen molar-refractivity contribution < 1.29 is 0 Å². The molecule has 0 saturated carbocycles. The van der Waals surface area contributed by atoms with Crippen LogP contribution >= 0.6 is 0 Å². The summed E-state index contributed by atoms with van der Waals surface area (Å²) in [5.74, 6) is 1.91. The van der Waals surface area contributed by atoms with Crippen molar-refractivity contribution in [3.8, 4) is 67.7 Å². The first-order valence-corrected chi connectivity index (χ1v) is 20.9. The van der Waals surface area contributed by atoms with Crippen molar-refractivity contribution >= 4 is 54.0 Å². The fourth-order valence-corrected chi connectivity index (χ4v) is 8.86. The van der Waals surface area contributed by atoms with Gasteiger partial charge in [-0.05, 0) is 78.8 Å². The molecule has 2 heterocycles. The Bertz CT molecular complexity index is 3570. The van der Waals surface area contributed by atoms with Crippen LogP contribution in [0.5, 0.6) is 0 Å². The lowest BCUT2D eigenvalue weighted by atomic mass is 9.93. The highest BCUT2D eigenvalue weighted by molar-refractivity contribution is 6.22. The highest BCUT2D eigenvalue weighted by atomic mass is 15.0. The lowest BCUT2D eigenvalue weighted by Crippen LogP contribution is -2.00. The first-order valence-electron chi connectivity index (χ1n) is 20.9. The quantitative estimate of drug-likeness (QED) is 0.158. The Kier molecular flexibility index (Phi) is 8.46. The summed E-state index contributed by atoms with van der Waals surface area (Å²) in [6.07, 6.45) is 0. The third kappa shape index (κ3) is 6.34. The molecule has 0 atom stereocenters. The van der Waals surface area contributed by atoms with Gasteiger partial charge in [-0.3, -0.25) is 0 Å². The van der Waals surface area contributed by atoms with Gasteiger partial charge in [-0.15, -0.1) is 0 Å². The van der Waals surface area contributed by atoms with Gasteiger partial charge in [0.25, 0.3) is 0 Å². The molecule has 12 aromatic rings. The molecule has 4 heteroatoms. The molecular weight excluding hydrogens is 753 g/mol. The Labute approximate surface area is 358 Å². The molecule has 0 unspecified atom stereocenters. The molecule has 0 fully saturated rings. The third-order valence-corrected chi connectivity index (χ3v) is 12.1. The topological polar surface area (TPSA) is 51.6 Å². The van der Waals surface area contributed by atoms with Gasteiger partial charge >= 0.3 is 0 Å². The van der Waals surface area contributed by atoms with E-state index in [1.54, 1.807) is 0 Å². The van der Waals surface area contributed by atoms with Crippen LogP contribution in [0.15, 0.2) is 218 Å². The van der Waals surface area contributed by atoms with E-state index >= 15 is 0 Å². The Balaban J connectivity index is 0.915. The molecule has 0 radical (unpaired) electrons. The highest BCUT2D eigenvalue weighted by Gasteiger charge is 2.16. The molecule has 4 nitrogen and oxygen atoms in total. The molecular formula is C58H36N4. The van der Waals surface area contributed by atoms with Crippen molar-refractivity contribution in [1.82, 2.24) is 19.9 Å². The second kappa shape index (κ2) is 14.7. The fraction of sp³-hybridized carbons (Fsp3) is 0. The van der Waals surface area contributed by atoms with Crippen molar-refractivity contribution in [3.63, 3.8) is 0 Å². The number of nitrogens with zero attached hydrogens (tertiary/aromatic N) is 4. The SMILES string of the molecule is c1ccc(-c2ccc3nc(-c4ccc(-c5ccc(-c6nc(-c7ccc8ccccc8c7)nc(-c7ccc8ccccc8c7)n6)cc5)cc4)c4ccc5ccccc5c4c3c2)cc1. The summed E-state index contributed by atoms with van der Waals surface area (Å²) in [5, 5.41) is 10.6. The molecule has 0 saturated heterocycles. The molecule has 0 bridgehead atoms. The number of aromatic nitrogens is 4. The van der Waals surface area contributed by atoms with Gasteiger partial charge in [0.15, 0.2) is 17.5 Å². The van der Waals surface area contributed by atoms with E-state index in [9.17, 15) is 0 Å². The van der Waals surface area contributed by atoms with Crippen molar-refractivity contribution in [3.05, 3.63) is 218 Å². The van der Waals surface area contributed by atoms with Crippen LogP contribution in [0.1, 0.15) is 0 Å². The van der Waals surface area contributed by atoms with Crippen LogP contribution in [0.3, 0.4) is 0 Å². The molecule has 0 amide bonds. The summed E-state index contributed by atoms with van der Waals surface area (Å²) in [6, 6.07) is 77.2. The van der Waals surface area contributed by atoms with E-state index in [0.717, 1.165) is 66.1 Å². The largest absolute Gasteiger partial charge is 0.247 e. The van der Waals surface area contributed by atoms with Crippen molar-refractivity contribution in [2.75, 3.05) is 0 Å². The number of hydrogen-bond donors (Lipinski definition) is 0. The molecule has 0 aliphatic heterocycles. The number of benzene rings is 10. The number of pyridine rings is 1. The average molecular weight is 789 g/mol. The minimum absolute atomic E-state index is 0.630. The molecule has 10 aromatic carbocycles. The molecule has 0 N–H and O–H groups in total. The monoisotopic (exact) mass is 788 g/mol. The maximum atomic E-state index is 5.33. The standard InChI is InChI=1S/C58H36N4/c1-2-10-37(11-3-1)47-31-33-53-52(36-47)54-50-17-9-8-14-42(50)30-32-51(54)55(59-53)43-24-18-40(19-25-43)41-20-26-44(27-21-41)56-60-57(48-28-22-38-12-4-6-15-45(38)34-48)62-58(61-56)49-29-23-39-13-5-7-16-46(39)35-49/h1-36H. The Hall–Kier alpha value is -8.34. The zero-order valence-electron chi connectivity index (χ0n) is 33.6. The first-order chi connectivity index (χ1) is 30.7. The van der Waals surface area contributed by atoms with E-state index in [2.05, 4.69) is 218 Å². The summed E-state index contributed by atoms with van der Waals surface area (Å²) < 4.78 is 0. The minimum Gasteiger partial charge on any atom is -0.247 e. The van der Waals surface area contributed by atoms with E-state index in [4.69, 9.17) is 19.9 Å². The Morgan fingerprint density at radius 2 is 0.677 bits per heavy atom. The second-order valence-corrected chi connectivity index (χ2v) is 15.9. The zero-order valence-corrected chi connectivity index (χ0v) is 33.6. The Morgan fingerprint density at radius 1 is 0.226 bits per heavy atom. The predicted octanol–water partition coefficient (Wildman–Crippen LogP) is 15.0. The van der Waals surface area contributed by atoms with Crippen LogP contribution in [0.25, 0.3) is 122 Å². The Morgan fingerprint density at radius 3 is 1.31 bits per heavy atom. The zero-order chi connectivity index (χ0) is 41.0. The normalized spacial score (nSPS) is 11.5. The van der Waals surface area contributed by atoms with Gasteiger partial charge in [-0.25, -0.2) is 19.9 Å². The van der Waals surface area contributed by atoms with Crippen LogP contribution in [-0.4, -0.2) is 19.9 Å². The van der Waals surface area contributed by atoms with Gasteiger partial charge in [0, 0.05) is 38.4 Å². The lowest BCUT2D eigenvalue weighted by Gasteiger charge is -2.14. The van der Waals surface area contributed by atoms with Crippen LogP contribution < -0.4 is 0 Å². The van der Waals surface area contributed by atoms with Crippen molar-refractivity contribution in [1.29, 1.82) is 0 Å². The molecule has 0 aliphatic rings. The predicted molar refractivity (Wildman–Crippen MR) is 258 cm³/mol. The first kappa shape index (κ1) is 35.6. The van der Waals surface area contributed by atoms with Crippen LogP contribution in [0.2, 0.25) is 0 Å². The van der Waals surface area contributed by atoms with Gasteiger partial charge in [0.1, 0.15) is 0 Å². The third-order valence-electron chi connectivity index (χ3n) is 12.1. The summed E-state index contributed by atoms with van der Waals surface area (Å²) in [6.45, 7) is 0. The number of fused-ring (bicyclic) bond motifs is 7. The van der Waals surface area contributed by atoms with Crippen molar-refractivity contribution in [2.24, 2.45) is 0 Å². The van der Waals surface area contributed by atoms with Crippen molar-refractivity contribution in [2.45, 2.75) is 0 Å². The van der Waals surface area contributed by atoms with Crippen LogP contribution in [-0.2, 0) is 0 Å². The van der Waals surface area contributed by atoms with Gasteiger partial charge in [-0.1, -0.05) is 194 Å². The smallest absolute Gasteiger partial charge is 0.164 e. The summed E-state index contributed by atoms with van der Waals surface area (Å²) in [7, 11) is 0. The molecule has 62 heavy (non-hydrogen) atoms. The maximum absolute atomic E-state index is 5.33. The summed E-state index contributed by atoms with van der Waals surface area (Å²) in [4.78, 5) is 20.5. The molecule has 12 rings (SSSR count). The van der Waals surface area contributed by atoms with Gasteiger partial charge in [0.2, 0.25) is 0 Å². The van der Waals surface area contributed by atoms with Gasteiger partial charge in [-0.2, -0.15) is 0 Å². The molecule has 0 spiro atoms. The van der Waals surface area contributed by atoms with E-state index in [-0.39, 0.29) is 0 Å². The lowest BCUT2D eigenvalue weighted by molar-refractivity contribution is 1.08. The maximum Gasteiger partial charge on any atom is 0.164 e. The number of hydrogen-bond acceptors (Lipinski definition) is 4. The van der Waals surface area contributed by atoms with Crippen LogP contribution in [0.4, 0.5) is 0 Å². The molecule has 2 aromatic heterocycles. The second-order valence-electron chi connectivity index (χ2n) is 15.9. The summed E-state index contributed by atoms with van der Waals surface area (Å²) >= 11 is 0. The van der Waals surface area contributed by atoms with Gasteiger partial charge < -0.3 is 0 Å².